The van der Waals surface area contributed by atoms with Crippen molar-refractivity contribution in [2.24, 2.45) is 0 Å². The quantitative estimate of drug-likeness (QED) is 0.656. The van der Waals surface area contributed by atoms with E-state index < -0.39 is 0 Å². The fraction of sp³-hybridized carbons (Fsp3) is 0.222. The molecule has 0 radical (unpaired) electrons. The van der Waals surface area contributed by atoms with Crippen LogP contribution in [0.3, 0.4) is 0 Å². The summed E-state index contributed by atoms with van der Waals surface area (Å²) in [5.74, 6) is 0. The van der Waals surface area contributed by atoms with Gasteiger partial charge in [0.05, 0.1) is 0 Å². The molecule has 0 heterocycles. The molecule has 0 unspecified atom stereocenters. The molecule has 0 spiro atoms. The van der Waals surface area contributed by atoms with Gasteiger partial charge in [-0.2, -0.15) is 0 Å². The zero-order valence-corrected chi connectivity index (χ0v) is 11.2. The van der Waals surface area contributed by atoms with Crippen LogP contribution in [-0.2, 0) is 6.42 Å². The summed E-state index contributed by atoms with van der Waals surface area (Å²) < 4.78 is 0. The van der Waals surface area contributed by atoms with Gasteiger partial charge in [0.1, 0.15) is 0 Å². The second kappa shape index (κ2) is 4.13. The third-order valence-electron chi connectivity index (χ3n) is 3.73. The molecule has 2 aromatic carbocycles. The van der Waals surface area contributed by atoms with E-state index in [2.05, 4.69) is 63.2 Å². The SMILES string of the molecule is CC1=Cc2c(cccc2-c2ccc(C)cc2C)C1. The van der Waals surface area contributed by atoms with Gasteiger partial charge in [-0.3, -0.25) is 0 Å². The van der Waals surface area contributed by atoms with Gasteiger partial charge in [0.2, 0.25) is 0 Å². The molecule has 2 aromatic rings. The lowest BCUT2D eigenvalue weighted by Crippen LogP contribution is -1.90. The third kappa shape index (κ3) is 1.78. The first-order valence-electron chi connectivity index (χ1n) is 6.52. The molecule has 0 bridgehead atoms. The number of hydrogen-bond donors (Lipinski definition) is 0. The van der Waals surface area contributed by atoms with Crippen molar-refractivity contribution in [1.82, 2.24) is 0 Å². The van der Waals surface area contributed by atoms with Crippen LogP contribution in [0, 0.1) is 13.8 Å². The summed E-state index contributed by atoms with van der Waals surface area (Å²) in [6.07, 6.45) is 3.44. The minimum atomic E-state index is 1.11. The third-order valence-corrected chi connectivity index (χ3v) is 3.73. The first-order chi connectivity index (χ1) is 8.65. The van der Waals surface area contributed by atoms with E-state index in [9.17, 15) is 0 Å². The Morgan fingerprint density at radius 1 is 0.889 bits per heavy atom. The second-order valence-electron chi connectivity index (χ2n) is 5.36. The van der Waals surface area contributed by atoms with Gasteiger partial charge in [-0.1, -0.05) is 53.6 Å². The average Bonchev–Trinajstić information content (AvgIpc) is 2.69. The van der Waals surface area contributed by atoms with Gasteiger partial charge in [-0.15, -0.1) is 0 Å². The Hall–Kier alpha value is -1.82. The van der Waals surface area contributed by atoms with Crippen LogP contribution in [0.1, 0.15) is 29.2 Å². The van der Waals surface area contributed by atoms with E-state index in [0.29, 0.717) is 0 Å². The van der Waals surface area contributed by atoms with Crippen molar-refractivity contribution in [1.29, 1.82) is 0 Å². The predicted octanol–water partition coefficient (Wildman–Crippen LogP) is 4.93. The van der Waals surface area contributed by atoms with Gasteiger partial charge >= 0.3 is 0 Å². The number of aryl methyl sites for hydroxylation is 2. The maximum absolute atomic E-state index is 2.34. The van der Waals surface area contributed by atoms with E-state index in [-0.39, 0.29) is 0 Å². The summed E-state index contributed by atoms with van der Waals surface area (Å²) in [6, 6.07) is 13.4. The normalized spacial score (nSPS) is 13.4. The number of fused-ring (bicyclic) bond motifs is 1. The highest BCUT2D eigenvalue weighted by Crippen LogP contribution is 2.35. The molecule has 0 nitrogen and oxygen atoms in total. The molecule has 0 fully saturated rings. The van der Waals surface area contributed by atoms with Crippen LogP contribution in [0.15, 0.2) is 42.0 Å². The van der Waals surface area contributed by atoms with Crippen LogP contribution in [0.2, 0.25) is 0 Å². The van der Waals surface area contributed by atoms with E-state index in [1.165, 1.54) is 39.0 Å². The molecule has 0 amide bonds. The Bertz CT molecular complexity index is 645. The summed E-state index contributed by atoms with van der Waals surface area (Å²) in [7, 11) is 0. The highest BCUT2D eigenvalue weighted by Gasteiger charge is 2.14. The van der Waals surface area contributed by atoms with Crippen molar-refractivity contribution in [3.8, 4) is 11.1 Å². The lowest BCUT2D eigenvalue weighted by Gasteiger charge is -2.11. The second-order valence-corrected chi connectivity index (χ2v) is 5.36. The molecule has 0 aromatic heterocycles. The summed E-state index contributed by atoms with van der Waals surface area (Å²) in [5.41, 5.74) is 9.77. The number of rotatable bonds is 1. The van der Waals surface area contributed by atoms with Gasteiger partial charge in [-0.05, 0) is 55.0 Å². The van der Waals surface area contributed by atoms with Gasteiger partial charge in [0.15, 0.2) is 0 Å². The maximum Gasteiger partial charge on any atom is -0.00604 e. The molecule has 0 saturated heterocycles. The molecule has 3 rings (SSSR count). The Morgan fingerprint density at radius 3 is 2.50 bits per heavy atom. The topological polar surface area (TPSA) is 0 Å². The Labute approximate surface area is 109 Å². The van der Waals surface area contributed by atoms with Crippen molar-refractivity contribution in [2.45, 2.75) is 27.2 Å². The first kappa shape index (κ1) is 11.3. The predicted molar refractivity (Wildman–Crippen MR) is 78.7 cm³/mol. The summed E-state index contributed by atoms with van der Waals surface area (Å²) >= 11 is 0. The van der Waals surface area contributed by atoms with Crippen LogP contribution in [0.4, 0.5) is 0 Å². The fourth-order valence-corrected chi connectivity index (χ4v) is 2.89. The zero-order valence-electron chi connectivity index (χ0n) is 11.2. The van der Waals surface area contributed by atoms with Crippen LogP contribution < -0.4 is 0 Å². The van der Waals surface area contributed by atoms with E-state index in [4.69, 9.17) is 0 Å². The number of allylic oxidation sites excluding steroid dienone is 1. The molecule has 0 saturated carbocycles. The minimum absolute atomic E-state index is 1.11. The minimum Gasteiger partial charge on any atom is -0.0683 e. The van der Waals surface area contributed by atoms with Crippen LogP contribution in [-0.4, -0.2) is 0 Å². The summed E-state index contributed by atoms with van der Waals surface area (Å²) in [5, 5.41) is 0. The molecule has 18 heavy (non-hydrogen) atoms. The Morgan fingerprint density at radius 2 is 1.72 bits per heavy atom. The van der Waals surface area contributed by atoms with Gasteiger partial charge in [0, 0.05) is 0 Å². The monoisotopic (exact) mass is 234 g/mol. The van der Waals surface area contributed by atoms with Gasteiger partial charge in [-0.25, -0.2) is 0 Å². The van der Waals surface area contributed by atoms with Gasteiger partial charge < -0.3 is 0 Å². The van der Waals surface area contributed by atoms with Crippen molar-refractivity contribution in [3.63, 3.8) is 0 Å². The van der Waals surface area contributed by atoms with Crippen molar-refractivity contribution in [2.75, 3.05) is 0 Å². The largest absolute Gasteiger partial charge is 0.0683 e. The summed E-state index contributed by atoms with van der Waals surface area (Å²) in [6.45, 7) is 6.56. The molecule has 0 N–H and O–H groups in total. The van der Waals surface area contributed by atoms with Gasteiger partial charge in [0.25, 0.3) is 0 Å². The lowest BCUT2D eigenvalue weighted by atomic mass is 9.93. The van der Waals surface area contributed by atoms with Crippen molar-refractivity contribution >= 4 is 6.08 Å². The van der Waals surface area contributed by atoms with Crippen molar-refractivity contribution < 1.29 is 0 Å². The molecule has 90 valence electrons. The molecule has 0 atom stereocenters. The van der Waals surface area contributed by atoms with E-state index in [1.54, 1.807) is 0 Å². The summed E-state index contributed by atoms with van der Waals surface area (Å²) in [4.78, 5) is 0. The number of hydrogen-bond acceptors (Lipinski definition) is 0. The molecule has 1 aliphatic rings. The van der Waals surface area contributed by atoms with Crippen LogP contribution in [0.5, 0.6) is 0 Å². The highest BCUT2D eigenvalue weighted by molar-refractivity contribution is 5.82. The van der Waals surface area contributed by atoms with E-state index >= 15 is 0 Å². The Kier molecular flexibility index (Phi) is 2.59. The zero-order chi connectivity index (χ0) is 12.7. The van der Waals surface area contributed by atoms with E-state index in [1.807, 2.05) is 0 Å². The standard InChI is InChI=1S/C18H18/c1-12-7-8-16(14(3)9-12)17-6-4-5-15-10-13(2)11-18(15)17/h4-9,11H,10H2,1-3H3. The van der Waals surface area contributed by atoms with E-state index in [0.717, 1.165) is 6.42 Å². The van der Waals surface area contributed by atoms with Crippen molar-refractivity contribution in [3.05, 3.63) is 64.2 Å². The Balaban J connectivity index is 2.22. The van der Waals surface area contributed by atoms with Crippen LogP contribution >= 0.6 is 0 Å². The first-order valence-corrected chi connectivity index (χ1v) is 6.52. The molecular weight excluding hydrogens is 216 g/mol. The molecular formula is C18H18. The molecule has 0 heteroatoms. The average molecular weight is 234 g/mol. The maximum atomic E-state index is 2.34. The molecule has 0 aliphatic heterocycles. The highest BCUT2D eigenvalue weighted by atomic mass is 14.2. The smallest absolute Gasteiger partial charge is 0.00604 e. The molecule has 1 aliphatic carbocycles. The fourth-order valence-electron chi connectivity index (χ4n) is 2.89. The lowest BCUT2D eigenvalue weighted by molar-refractivity contribution is 1.20. The van der Waals surface area contributed by atoms with Crippen LogP contribution in [0.25, 0.3) is 17.2 Å². The number of benzene rings is 2.